The maximum absolute atomic E-state index is 10.9. The third-order valence-corrected chi connectivity index (χ3v) is 2.60. The van der Waals surface area contributed by atoms with Gasteiger partial charge in [-0.2, -0.15) is 0 Å². The number of phenols is 1. The summed E-state index contributed by atoms with van der Waals surface area (Å²) < 4.78 is 0. The summed E-state index contributed by atoms with van der Waals surface area (Å²) in [6.45, 7) is 0.184. The number of nitrogens with one attached hydrogen (secondary N) is 1. The largest absolute Gasteiger partial charge is 0.507 e. The molecule has 1 aliphatic rings. The van der Waals surface area contributed by atoms with E-state index >= 15 is 0 Å². The van der Waals surface area contributed by atoms with Crippen molar-refractivity contribution in [2.24, 2.45) is 10.7 Å². The molecule has 0 saturated heterocycles. The van der Waals surface area contributed by atoms with Gasteiger partial charge in [-0.15, -0.1) is 0 Å². The predicted octanol–water partition coefficient (Wildman–Crippen LogP) is 0.873. The minimum absolute atomic E-state index is 0.0194. The Morgan fingerprint density at radius 1 is 1.53 bits per heavy atom. The van der Waals surface area contributed by atoms with Crippen molar-refractivity contribution in [2.75, 3.05) is 6.54 Å². The lowest BCUT2D eigenvalue weighted by Crippen LogP contribution is -2.34. The number of rotatable bonds is 2. The number of carbonyl (C=O) groups is 1. The molecule has 1 aromatic carbocycles. The summed E-state index contributed by atoms with van der Waals surface area (Å²) in [5, 5.41) is 13.0. The van der Waals surface area contributed by atoms with E-state index in [0.717, 1.165) is 0 Å². The van der Waals surface area contributed by atoms with E-state index in [4.69, 9.17) is 17.3 Å². The summed E-state index contributed by atoms with van der Waals surface area (Å²) >= 11 is 5.85. The highest BCUT2D eigenvalue weighted by molar-refractivity contribution is 6.30. The molecule has 0 saturated carbocycles. The number of nitrogens with zero attached hydrogens (tertiary/aromatic N) is 1. The number of aliphatic imine (C=N–C) groups is 1. The molecule has 0 aliphatic carbocycles. The highest BCUT2D eigenvalue weighted by Gasteiger charge is 2.17. The van der Waals surface area contributed by atoms with Crippen LogP contribution in [0.2, 0.25) is 5.02 Å². The van der Waals surface area contributed by atoms with Crippen molar-refractivity contribution in [1.82, 2.24) is 5.32 Å². The molecule has 0 atom stereocenters. The van der Waals surface area contributed by atoms with Crippen LogP contribution in [0.5, 0.6) is 5.75 Å². The molecule has 5 nitrogen and oxygen atoms in total. The van der Waals surface area contributed by atoms with Crippen molar-refractivity contribution < 1.29 is 9.90 Å². The fourth-order valence-corrected chi connectivity index (χ4v) is 1.71. The van der Waals surface area contributed by atoms with Gasteiger partial charge in [0, 0.05) is 16.2 Å². The van der Waals surface area contributed by atoms with E-state index < -0.39 is 0 Å². The molecule has 0 fully saturated rings. The van der Waals surface area contributed by atoms with Crippen LogP contribution in [0, 0.1) is 0 Å². The topological polar surface area (TPSA) is 87.7 Å². The first-order chi connectivity index (χ1) is 8.11. The molecule has 4 N–H and O–H groups in total. The van der Waals surface area contributed by atoms with Crippen LogP contribution in [0.15, 0.2) is 28.8 Å². The molecule has 0 bridgehead atoms. The minimum atomic E-state index is 0.0194. The monoisotopic (exact) mass is 251 g/mol. The van der Waals surface area contributed by atoms with Gasteiger partial charge < -0.3 is 16.2 Å². The van der Waals surface area contributed by atoms with Gasteiger partial charge in [0.05, 0.1) is 12.2 Å². The van der Waals surface area contributed by atoms with Crippen LogP contribution in [0.25, 0.3) is 5.70 Å². The number of phenolic OH excluding ortho intramolecular Hbond substituents is 1. The number of nitrogens with two attached hydrogens (primary N) is 1. The molecule has 0 aromatic heterocycles. The van der Waals surface area contributed by atoms with Crippen LogP contribution in [0.3, 0.4) is 0 Å². The Morgan fingerprint density at radius 3 is 3.00 bits per heavy atom. The lowest BCUT2D eigenvalue weighted by atomic mass is 10.1. The summed E-state index contributed by atoms with van der Waals surface area (Å²) in [6, 6.07) is 4.57. The maximum atomic E-state index is 10.9. The number of hydrogen-bond acceptors (Lipinski definition) is 5. The Morgan fingerprint density at radius 2 is 2.29 bits per heavy atom. The van der Waals surface area contributed by atoms with E-state index in [9.17, 15) is 9.90 Å². The smallest absolute Gasteiger partial charge is 0.193 e. The third kappa shape index (κ3) is 2.24. The normalized spacial score (nSPS) is 15.2. The van der Waals surface area contributed by atoms with Gasteiger partial charge in [-0.25, -0.2) is 4.99 Å². The van der Waals surface area contributed by atoms with Gasteiger partial charge >= 0.3 is 0 Å². The second-order valence-electron chi connectivity index (χ2n) is 3.51. The minimum Gasteiger partial charge on any atom is -0.507 e. The van der Waals surface area contributed by atoms with E-state index in [-0.39, 0.29) is 18.3 Å². The molecule has 0 unspecified atom stereocenters. The van der Waals surface area contributed by atoms with Gasteiger partial charge in [0.25, 0.3) is 0 Å². The van der Waals surface area contributed by atoms with E-state index in [2.05, 4.69) is 10.3 Å². The highest BCUT2D eigenvalue weighted by Crippen LogP contribution is 2.29. The van der Waals surface area contributed by atoms with Gasteiger partial charge in [0.15, 0.2) is 5.96 Å². The average molecular weight is 252 g/mol. The quantitative estimate of drug-likeness (QED) is 0.681. The van der Waals surface area contributed by atoms with E-state index in [1.807, 2.05) is 0 Å². The van der Waals surface area contributed by atoms with E-state index in [1.165, 1.54) is 6.07 Å². The summed E-state index contributed by atoms with van der Waals surface area (Å²) in [5.74, 6) is 0.218. The van der Waals surface area contributed by atoms with Crippen LogP contribution in [0.4, 0.5) is 0 Å². The van der Waals surface area contributed by atoms with E-state index in [1.54, 1.807) is 12.1 Å². The van der Waals surface area contributed by atoms with Gasteiger partial charge in [-0.1, -0.05) is 11.6 Å². The van der Waals surface area contributed by atoms with Gasteiger partial charge in [0.1, 0.15) is 12.0 Å². The molecular formula is C11H10ClN3O2. The number of aldehydes is 1. The Labute approximate surface area is 103 Å². The first-order valence-electron chi connectivity index (χ1n) is 4.86. The second kappa shape index (κ2) is 4.47. The van der Waals surface area contributed by atoms with Crippen molar-refractivity contribution in [2.45, 2.75) is 0 Å². The van der Waals surface area contributed by atoms with Crippen LogP contribution in [0.1, 0.15) is 5.56 Å². The van der Waals surface area contributed by atoms with Gasteiger partial charge in [-0.05, 0) is 18.2 Å². The molecule has 0 amide bonds. The zero-order chi connectivity index (χ0) is 12.4. The SMILES string of the molecule is NC1=NCC(C=O)=C(c2cc(Cl)ccc2O)N1. The first kappa shape index (κ1) is 11.5. The molecule has 0 radical (unpaired) electrons. The molecule has 1 aliphatic heterocycles. The molecule has 6 heteroatoms. The fourth-order valence-electron chi connectivity index (χ4n) is 1.54. The van der Waals surface area contributed by atoms with E-state index in [0.29, 0.717) is 28.1 Å². The Bertz CT molecular complexity index is 538. The van der Waals surface area contributed by atoms with Crippen LogP contribution in [-0.2, 0) is 4.79 Å². The second-order valence-corrected chi connectivity index (χ2v) is 3.94. The molecule has 88 valence electrons. The Kier molecular flexibility index (Phi) is 3.01. The lowest BCUT2D eigenvalue weighted by Gasteiger charge is -2.18. The fraction of sp³-hybridized carbons (Fsp3) is 0.0909. The van der Waals surface area contributed by atoms with Crippen molar-refractivity contribution in [1.29, 1.82) is 0 Å². The summed E-state index contributed by atoms with van der Waals surface area (Å²) in [5.41, 5.74) is 6.82. The Hall–Kier alpha value is -2.01. The summed E-state index contributed by atoms with van der Waals surface area (Å²) in [4.78, 5) is 14.8. The average Bonchev–Trinajstić information content (AvgIpc) is 2.32. The van der Waals surface area contributed by atoms with Gasteiger partial charge in [0.2, 0.25) is 0 Å². The molecule has 2 rings (SSSR count). The predicted molar refractivity (Wildman–Crippen MR) is 65.7 cm³/mol. The summed E-state index contributed by atoms with van der Waals surface area (Å²) in [7, 11) is 0. The molecule has 1 aromatic rings. The number of hydrogen-bond donors (Lipinski definition) is 3. The highest BCUT2D eigenvalue weighted by atomic mass is 35.5. The molecule has 1 heterocycles. The zero-order valence-electron chi connectivity index (χ0n) is 8.77. The van der Waals surface area contributed by atoms with Crippen molar-refractivity contribution in [3.05, 3.63) is 34.4 Å². The van der Waals surface area contributed by atoms with Crippen LogP contribution in [-0.4, -0.2) is 23.9 Å². The van der Waals surface area contributed by atoms with Crippen molar-refractivity contribution >= 4 is 29.5 Å². The number of guanidine groups is 1. The standard InChI is InChI=1S/C11H10ClN3O2/c12-7-1-2-9(17)8(3-7)10-6(5-16)4-14-11(13)15-10/h1-3,5,17H,4H2,(H3,13,14,15). The van der Waals surface area contributed by atoms with Crippen LogP contribution < -0.4 is 11.1 Å². The first-order valence-corrected chi connectivity index (χ1v) is 5.24. The maximum Gasteiger partial charge on any atom is 0.193 e. The lowest BCUT2D eigenvalue weighted by molar-refractivity contribution is -0.104. The number of carbonyl (C=O) groups excluding carboxylic acids is 1. The number of halogens is 1. The van der Waals surface area contributed by atoms with Crippen LogP contribution >= 0.6 is 11.6 Å². The molecule has 17 heavy (non-hydrogen) atoms. The van der Waals surface area contributed by atoms with Gasteiger partial charge in [-0.3, -0.25) is 4.79 Å². The number of aromatic hydroxyl groups is 1. The molecule has 0 spiro atoms. The third-order valence-electron chi connectivity index (χ3n) is 2.36. The van der Waals surface area contributed by atoms with Crippen molar-refractivity contribution in [3.63, 3.8) is 0 Å². The Balaban J connectivity index is 2.53. The molecular weight excluding hydrogens is 242 g/mol. The zero-order valence-corrected chi connectivity index (χ0v) is 9.53. The van der Waals surface area contributed by atoms with Crippen molar-refractivity contribution in [3.8, 4) is 5.75 Å². The number of benzene rings is 1. The summed E-state index contributed by atoms with van der Waals surface area (Å²) in [6.07, 6.45) is 0.679.